The molecule has 1 heterocycles. The topological polar surface area (TPSA) is 188 Å². The van der Waals surface area contributed by atoms with Crippen molar-refractivity contribution in [2.75, 3.05) is 52.7 Å². The van der Waals surface area contributed by atoms with E-state index in [1.807, 2.05) is 19.1 Å². The molecule has 2 rings (SSSR count). The number of benzene rings is 1. The van der Waals surface area contributed by atoms with E-state index in [-0.39, 0.29) is 37.2 Å². The molecule has 3 atom stereocenters. The zero-order valence-corrected chi connectivity index (χ0v) is 30.2. The number of ether oxygens (including phenoxy) is 6. The van der Waals surface area contributed by atoms with Gasteiger partial charge in [-0.05, 0) is 64.2 Å². The van der Waals surface area contributed by atoms with Crippen LogP contribution < -0.4 is 15.4 Å². The SMILES string of the molecule is CCC(=O)NCCCCCC(=O)NCCOCCOCCOCCCc1ccc(OC2CC(O)CC(C(=O)O)O2)c(COC(=O)C(C)(C)C)c1. The summed E-state index contributed by atoms with van der Waals surface area (Å²) in [4.78, 5) is 46.9. The predicted molar refractivity (Wildman–Crippen MR) is 183 cm³/mol. The Morgan fingerprint density at radius 3 is 2.22 bits per heavy atom. The lowest BCUT2D eigenvalue weighted by Gasteiger charge is -2.31. The Balaban J connectivity index is 1.60. The molecule has 2 amide bonds. The molecule has 50 heavy (non-hydrogen) atoms. The summed E-state index contributed by atoms with van der Waals surface area (Å²) in [5.74, 6) is -1.10. The molecule has 1 fully saturated rings. The van der Waals surface area contributed by atoms with Gasteiger partial charge in [-0.3, -0.25) is 14.4 Å². The minimum atomic E-state index is -1.17. The number of hydrogen-bond donors (Lipinski definition) is 4. The normalized spacial score (nSPS) is 17.6. The van der Waals surface area contributed by atoms with Gasteiger partial charge in [-0.2, -0.15) is 0 Å². The molecule has 1 aliphatic rings. The summed E-state index contributed by atoms with van der Waals surface area (Å²) < 4.78 is 33.8. The summed E-state index contributed by atoms with van der Waals surface area (Å²) in [5, 5.41) is 25.1. The van der Waals surface area contributed by atoms with Crippen LogP contribution in [0.2, 0.25) is 0 Å². The number of aryl methyl sites for hydroxylation is 1. The molecular weight excluding hydrogens is 652 g/mol. The van der Waals surface area contributed by atoms with Gasteiger partial charge in [0.15, 0.2) is 6.10 Å². The van der Waals surface area contributed by atoms with Crippen LogP contribution in [0.1, 0.15) is 90.2 Å². The summed E-state index contributed by atoms with van der Waals surface area (Å²) >= 11 is 0. The van der Waals surface area contributed by atoms with E-state index in [1.54, 1.807) is 26.8 Å². The van der Waals surface area contributed by atoms with Gasteiger partial charge in [0.25, 0.3) is 0 Å². The highest BCUT2D eigenvalue weighted by Gasteiger charge is 2.34. The molecule has 0 bridgehead atoms. The highest BCUT2D eigenvalue weighted by atomic mass is 16.7. The van der Waals surface area contributed by atoms with Gasteiger partial charge in [0.1, 0.15) is 12.4 Å². The zero-order valence-electron chi connectivity index (χ0n) is 30.2. The van der Waals surface area contributed by atoms with Crippen LogP contribution in [0.25, 0.3) is 0 Å². The molecule has 0 radical (unpaired) electrons. The van der Waals surface area contributed by atoms with Crippen molar-refractivity contribution in [1.29, 1.82) is 0 Å². The number of hydrogen-bond acceptors (Lipinski definition) is 11. The molecular formula is C36H58N2O12. The number of aliphatic hydroxyl groups is 1. The van der Waals surface area contributed by atoms with Crippen molar-refractivity contribution in [2.24, 2.45) is 5.41 Å². The molecule has 1 aromatic carbocycles. The lowest BCUT2D eigenvalue weighted by Crippen LogP contribution is -2.42. The Kier molecular flexibility index (Phi) is 20.6. The van der Waals surface area contributed by atoms with E-state index in [1.165, 1.54) is 0 Å². The third kappa shape index (κ3) is 18.6. The molecule has 284 valence electrons. The molecule has 4 N–H and O–H groups in total. The minimum absolute atomic E-state index is 0.00352. The second-order valence-electron chi connectivity index (χ2n) is 13.2. The van der Waals surface area contributed by atoms with E-state index < -0.39 is 29.9 Å². The van der Waals surface area contributed by atoms with Gasteiger partial charge < -0.3 is 49.3 Å². The van der Waals surface area contributed by atoms with Crippen LogP contribution in [-0.2, 0) is 55.9 Å². The zero-order chi connectivity index (χ0) is 36.8. The number of aliphatic hydroxyl groups excluding tert-OH is 1. The first-order chi connectivity index (χ1) is 23.9. The smallest absolute Gasteiger partial charge is 0.333 e. The van der Waals surface area contributed by atoms with Crippen molar-refractivity contribution < 1.29 is 57.8 Å². The molecule has 14 heteroatoms. The van der Waals surface area contributed by atoms with Gasteiger partial charge in [0.2, 0.25) is 18.1 Å². The summed E-state index contributed by atoms with van der Waals surface area (Å²) in [6.45, 7) is 10.8. The first-order valence-electron chi connectivity index (χ1n) is 17.7. The first kappa shape index (κ1) is 42.9. The minimum Gasteiger partial charge on any atom is -0.479 e. The van der Waals surface area contributed by atoms with Crippen LogP contribution in [-0.4, -0.2) is 105 Å². The Hall–Kier alpha value is -3.30. The average molecular weight is 711 g/mol. The van der Waals surface area contributed by atoms with Gasteiger partial charge in [-0.15, -0.1) is 0 Å². The van der Waals surface area contributed by atoms with Gasteiger partial charge in [0, 0.05) is 50.9 Å². The maximum atomic E-state index is 12.4. The van der Waals surface area contributed by atoms with Crippen molar-refractivity contribution in [3.63, 3.8) is 0 Å². The fourth-order valence-electron chi connectivity index (χ4n) is 4.82. The van der Waals surface area contributed by atoms with E-state index >= 15 is 0 Å². The highest BCUT2D eigenvalue weighted by Crippen LogP contribution is 2.28. The summed E-state index contributed by atoms with van der Waals surface area (Å²) in [6, 6.07) is 5.50. The number of carbonyl (C=O) groups excluding carboxylic acids is 3. The van der Waals surface area contributed by atoms with Crippen molar-refractivity contribution in [1.82, 2.24) is 10.6 Å². The van der Waals surface area contributed by atoms with Gasteiger partial charge in [0.05, 0.1) is 44.6 Å². The largest absolute Gasteiger partial charge is 0.479 e. The number of esters is 1. The van der Waals surface area contributed by atoms with Crippen molar-refractivity contribution in [3.8, 4) is 5.75 Å². The highest BCUT2D eigenvalue weighted by molar-refractivity contribution is 5.76. The van der Waals surface area contributed by atoms with E-state index in [4.69, 9.17) is 28.4 Å². The molecule has 3 unspecified atom stereocenters. The number of rotatable bonds is 25. The molecule has 1 aromatic rings. The fraction of sp³-hybridized carbons (Fsp3) is 0.722. The quantitative estimate of drug-likeness (QED) is 0.0858. The Morgan fingerprint density at radius 1 is 0.860 bits per heavy atom. The standard InChI is InChI=1S/C36H58N2O12/c1-5-31(40)37-14-8-6-7-11-32(41)38-15-17-46-19-21-47-20-18-45-16-9-10-26-12-13-29(27(22-26)25-48-35(44)36(2,3)4)49-33-24-28(39)23-30(50-33)34(42)43/h12-13,22,28,30,33,39H,5-11,14-21,23-25H2,1-4H3,(H,37,40)(H,38,41)(H,42,43). The molecule has 0 spiro atoms. The van der Waals surface area contributed by atoms with E-state index in [0.29, 0.717) is 83.3 Å². The number of carboxylic acids is 1. The number of aliphatic carboxylic acids is 1. The van der Waals surface area contributed by atoms with E-state index in [2.05, 4.69) is 10.6 Å². The molecule has 1 aliphatic heterocycles. The van der Waals surface area contributed by atoms with Crippen LogP contribution in [0, 0.1) is 5.41 Å². The second-order valence-corrected chi connectivity index (χ2v) is 13.2. The van der Waals surface area contributed by atoms with Crippen molar-refractivity contribution in [3.05, 3.63) is 29.3 Å². The first-order valence-corrected chi connectivity index (χ1v) is 17.7. The van der Waals surface area contributed by atoms with E-state index in [9.17, 15) is 29.4 Å². The third-order valence-corrected chi connectivity index (χ3v) is 7.69. The summed E-state index contributed by atoms with van der Waals surface area (Å²) in [6.07, 6.45) is 2.03. The van der Waals surface area contributed by atoms with Crippen LogP contribution in [0.4, 0.5) is 0 Å². The van der Waals surface area contributed by atoms with Crippen molar-refractivity contribution >= 4 is 23.8 Å². The molecule has 14 nitrogen and oxygen atoms in total. The van der Waals surface area contributed by atoms with Gasteiger partial charge in [-0.1, -0.05) is 19.4 Å². The number of carboxylic acid groups (broad SMARTS) is 1. The summed E-state index contributed by atoms with van der Waals surface area (Å²) in [7, 11) is 0. The number of unbranched alkanes of at least 4 members (excludes halogenated alkanes) is 2. The molecule has 0 aliphatic carbocycles. The average Bonchev–Trinajstić information content (AvgIpc) is 3.07. The van der Waals surface area contributed by atoms with Crippen LogP contribution in [0.3, 0.4) is 0 Å². The lowest BCUT2D eigenvalue weighted by molar-refractivity contribution is -0.195. The van der Waals surface area contributed by atoms with Gasteiger partial charge >= 0.3 is 11.9 Å². The predicted octanol–water partition coefficient (Wildman–Crippen LogP) is 3.29. The molecule has 0 saturated carbocycles. The van der Waals surface area contributed by atoms with Crippen LogP contribution in [0.15, 0.2) is 18.2 Å². The molecule has 0 aromatic heterocycles. The Morgan fingerprint density at radius 2 is 1.54 bits per heavy atom. The monoisotopic (exact) mass is 710 g/mol. The number of amides is 2. The fourth-order valence-corrected chi connectivity index (χ4v) is 4.82. The Bertz CT molecular complexity index is 1170. The molecule has 1 saturated heterocycles. The Labute approximate surface area is 295 Å². The maximum absolute atomic E-state index is 12.4. The third-order valence-electron chi connectivity index (χ3n) is 7.69. The number of nitrogens with one attached hydrogen (secondary N) is 2. The lowest BCUT2D eigenvalue weighted by atomic mass is 9.97. The van der Waals surface area contributed by atoms with E-state index in [0.717, 1.165) is 31.2 Å². The summed E-state index contributed by atoms with van der Waals surface area (Å²) in [5.41, 5.74) is 0.903. The second kappa shape index (κ2) is 24.0. The van der Waals surface area contributed by atoms with Crippen LogP contribution in [0.5, 0.6) is 5.75 Å². The van der Waals surface area contributed by atoms with Crippen LogP contribution >= 0.6 is 0 Å². The van der Waals surface area contributed by atoms with Gasteiger partial charge in [-0.25, -0.2) is 4.79 Å². The van der Waals surface area contributed by atoms with Crippen molar-refractivity contribution in [2.45, 2.75) is 111 Å². The maximum Gasteiger partial charge on any atom is 0.333 e. The number of carbonyl (C=O) groups is 4.